The number of fused-ring (bicyclic) bond motifs is 1. The maximum atomic E-state index is 10.5. The lowest BCUT2D eigenvalue weighted by molar-refractivity contribution is 0.0274. The van der Waals surface area contributed by atoms with Crippen molar-refractivity contribution >= 4 is 21.4 Å². The molecule has 4 heteroatoms. The minimum Gasteiger partial charge on any atom is -0.386 e. The van der Waals surface area contributed by atoms with Crippen molar-refractivity contribution in [1.29, 1.82) is 0 Å². The topological polar surface area (TPSA) is 32.7 Å². The molecule has 0 aliphatic carbocycles. The van der Waals surface area contributed by atoms with Crippen LogP contribution in [-0.2, 0) is 4.74 Å². The molecule has 0 amide bonds. The van der Waals surface area contributed by atoms with E-state index in [1.165, 1.54) is 21.2 Å². The predicted octanol–water partition coefficient (Wildman–Crippen LogP) is 4.96. The molecule has 1 aromatic heterocycles. The van der Waals surface area contributed by atoms with Crippen molar-refractivity contribution in [2.45, 2.75) is 20.0 Å². The van der Waals surface area contributed by atoms with E-state index < -0.39 is 6.10 Å². The maximum Gasteiger partial charge on any atom is 0.102 e. The Bertz CT molecular complexity index is 811. The number of aliphatic hydroxyl groups excluding tert-OH is 1. The van der Waals surface area contributed by atoms with Gasteiger partial charge in [-0.05, 0) is 41.7 Å². The maximum absolute atomic E-state index is 10.5. The van der Waals surface area contributed by atoms with Gasteiger partial charge < -0.3 is 14.7 Å². The fourth-order valence-corrected chi connectivity index (χ4v) is 4.07. The van der Waals surface area contributed by atoms with Crippen molar-refractivity contribution in [2.24, 2.45) is 0 Å². The van der Waals surface area contributed by atoms with Gasteiger partial charge in [-0.25, -0.2) is 0 Å². The second kappa shape index (κ2) is 9.28. The van der Waals surface area contributed by atoms with Crippen LogP contribution in [0.4, 0.5) is 0 Å². The molecule has 3 nitrogen and oxygen atoms in total. The van der Waals surface area contributed by atoms with Gasteiger partial charge in [-0.1, -0.05) is 50.2 Å². The summed E-state index contributed by atoms with van der Waals surface area (Å²) in [4.78, 5) is 2.32. The lowest BCUT2D eigenvalue weighted by Crippen LogP contribution is -2.27. The molecule has 0 spiro atoms. The minimum atomic E-state index is -0.598. The van der Waals surface area contributed by atoms with Crippen LogP contribution >= 0.6 is 11.3 Å². The Morgan fingerprint density at radius 1 is 1.08 bits per heavy atom. The van der Waals surface area contributed by atoms with E-state index in [-0.39, 0.29) is 0 Å². The Morgan fingerprint density at radius 3 is 2.58 bits per heavy atom. The number of aliphatic hydroxyl groups is 1. The number of nitrogens with zero attached hydrogens (tertiary/aromatic N) is 1. The number of rotatable bonds is 9. The lowest BCUT2D eigenvalue weighted by Gasteiger charge is -2.18. The van der Waals surface area contributed by atoms with Gasteiger partial charge in [-0.15, -0.1) is 11.3 Å². The first-order valence-corrected chi connectivity index (χ1v) is 10.2. The first-order chi connectivity index (χ1) is 12.7. The van der Waals surface area contributed by atoms with Crippen LogP contribution in [0.5, 0.6) is 0 Å². The molecule has 0 bridgehead atoms. The quantitative estimate of drug-likeness (QED) is 0.541. The van der Waals surface area contributed by atoms with Gasteiger partial charge in [0.05, 0.1) is 13.2 Å². The number of thiophene rings is 1. The predicted molar refractivity (Wildman–Crippen MR) is 111 cm³/mol. The Kier molecular flexibility index (Phi) is 6.80. The third-order valence-electron chi connectivity index (χ3n) is 4.79. The standard InChI is InChI=1S/C22H27NO2S/c1-3-23(4-2)12-13-25-15-21(24)18-10-11-22-19(14-18)20(16-26-22)17-8-6-5-7-9-17/h5-11,14,16,21,24H,3-4,12-13,15H2,1-2H3. The van der Waals surface area contributed by atoms with E-state index in [1.807, 2.05) is 12.1 Å². The Balaban J connectivity index is 1.68. The highest BCUT2D eigenvalue weighted by Crippen LogP contribution is 2.35. The van der Waals surface area contributed by atoms with Gasteiger partial charge in [0.2, 0.25) is 0 Å². The molecule has 1 atom stereocenters. The molecule has 26 heavy (non-hydrogen) atoms. The van der Waals surface area contributed by atoms with Gasteiger partial charge >= 0.3 is 0 Å². The highest BCUT2D eigenvalue weighted by molar-refractivity contribution is 7.17. The molecule has 0 aliphatic rings. The molecule has 1 heterocycles. The fourth-order valence-electron chi connectivity index (χ4n) is 3.12. The lowest BCUT2D eigenvalue weighted by atomic mass is 10.0. The van der Waals surface area contributed by atoms with Crippen molar-refractivity contribution in [3.63, 3.8) is 0 Å². The summed E-state index contributed by atoms with van der Waals surface area (Å²) in [5, 5.41) is 13.9. The molecule has 0 aliphatic heterocycles. The summed E-state index contributed by atoms with van der Waals surface area (Å²) in [7, 11) is 0. The van der Waals surface area contributed by atoms with Crippen LogP contribution in [0.1, 0.15) is 25.5 Å². The molecular formula is C22H27NO2S. The van der Waals surface area contributed by atoms with Gasteiger partial charge in [0.1, 0.15) is 6.10 Å². The van der Waals surface area contributed by atoms with Crippen LogP contribution in [0.3, 0.4) is 0 Å². The average molecular weight is 370 g/mol. The summed E-state index contributed by atoms with van der Waals surface area (Å²) in [6.07, 6.45) is -0.598. The van der Waals surface area contributed by atoms with Gasteiger partial charge in [-0.3, -0.25) is 0 Å². The molecule has 1 N–H and O–H groups in total. The highest BCUT2D eigenvalue weighted by atomic mass is 32.1. The molecule has 0 fully saturated rings. The Morgan fingerprint density at radius 2 is 1.85 bits per heavy atom. The van der Waals surface area contributed by atoms with E-state index in [0.717, 1.165) is 25.2 Å². The second-order valence-electron chi connectivity index (χ2n) is 6.39. The van der Waals surface area contributed by atoms with Gasteiger partial charge in [0, 0.05) is 22.2 Å². The number of likely N-dealkylation sites (N-methyl/N-ethyl adjacent to an activating group) is 1. The second-order valence-corrected chi connectivity index (χ2v) is 7.30. The van der Waals surface area contributed by atoms with Crippen molar-refractivity contribution in [2.75, 3.05) is 32.8 Å². The monoisotopic (exact) mass is 369 g/mol. The molecule has 1 unspecified atom stereocenters. The summed E-state index contributed by atoms with van der Waals surface area (Å²) >= 11 is 1.74. The summed E-state index contributed by atoms with van der Waals surface area (Å²) in [5.74, 6) is 0. The van der Waals surface area contributed by atoms with E-state index in [0.29, 0.717) is 13.2 Å². The molecule has 0 radical (unpaired) electrons. The summed E-state index contributed by atoms with van der Waals surface area (Å²) in [6, 6.07) is 16.6. The zero-order valence-corrected chi connectivity index (χ0v) is 16.3. The first kappa shape index (κ1) is 19.1. The SMILES string of the molecule is CCN(CC)CCOCC(O)c1ccc2scc(-c3ccccc3)c2c1. The van der Waals surface area contributed by atoms with Crippen molar-refractivity contribution in [3.8, 4) is 11.1 Å². The van der Waals surface area contributed by atoms with Crippen LogP contribution in [-0.4, -0.2) is 42.9 Å². The van der Waals surface area contributed by atoms with Gasteiger partial charge in [0.15, 0.2) is 0 Å². The Labute approximate surface area is 159 Å². The van der Waals surface area contributed by atoms with Gasteiger partial charge in [0.25, 0.3) is 0 Å². The van der Waals surface area contributed by atoms with Crippen molar-refractivity contribution in [3.05, 3.63) is 59.5 Å². The van der Waals surface area contributed by atoms with E-state index in [9.17, 15) is 5.11 Å². The number of hydrogen-bond acceptors (Lipinski definition) is 4. The van der Waals surface area contributed by atoms with E-state index in [1.54, 1.807) is 11.3 Å². The summed E-state index contributed by atoms with van der Waals surface area (Å²) < 4.78 is 6.94. The normalized spacial score (nSPS) is 12.8. The fraction of sp³-hybridized carbons (Fsp3) is 0.364. The number of benzene rings is 2. The minimum absolute atomic E-state index is 0.331. The molecule has 138 valence electrons. The van der Waals surface area contributed by atoms with Crippen LogP contribution in [0.2, 0.25) is 0 Å². The van der Waals surface area contributed by atoms with Crippen LogP contribution in [0, 0.1) is 0 Å². The molecular weight excluding hydrogens is 342 g/mol. The first-order valence-electron chi connectivity index (χ1n) is 9.27. The van der Waals surface area contributed by atoms with Crippen LogP contribution in [0.15, 0.2) is 53.9 Å². The number of hydrogen-bond donors (Lipinski definition) is 1. The third kappa shape index (κ3) is 4.51. The van der Waals surface area contributed by atoms with Crippen LogP contribution < -0.4 is 0 Å². The van der Waals surface area contributed by atoms with E-state index in [2.05, 4.69) is 60.5 Å². The largest absolute Gasteiger partial charge is 0.386 e. The number of ether oxygens (including phenoxy) is 1. The van der Waals surface area contributed by atoms with E-state index >= 15 is 0 Å². The summed E-state index contributed by atoms with van der Waals surface area (Å²) in [6.45, 7) is 8.24. The van der Waals surface area contributed by atoms with Crippen LogP contribution in [0.25, 0.3) is 21.2 Å². The summed E-state index contributed by atoms with van der Waals surface area (Å²) in [5.41, 5.74) is 3.35. The zero-order valence-electron chi connectivity index (χ0n) is 15.5. The zero-order chi connectivity index (χ0) is 18.4. The van der Waals surface area contributed by atoms with E-state index in [4.69, 9.17) is 4.74 Å². The molecule has 2 aromatic carbocycles. The molecule has 3 rings (SSSR count). The molecule has 0 saturated carbocycles. The van der Waals surface area contributed by atoms with Crippen molar-refractivity contribution < 1.29 is 9.84 Å². The highest BCUT2D eigenvalue weighted by Gasteiger charge is 2.12. The average Bonchev–Trinajstić information content (AvgIpc) is 3.12. The van der Waals surface area contributed by atoms with Gasteiger partial charge in [-0.2, -0.15) is 0 Å². The smallest absolute Gasteiger partial charge is 0.102 e. The Hall–Kier alpha value is -1.72. The molecule has 3 aromatic rings. The van der Waals surface area contributed by atoms with Crippen molar-refractivity contribution in [1.82, 2.24) is 4.90 Å². The molecule has 0 saturated heterocycles. The third-order valence-corrected chi connectivity index (χ3v) is 5.75.